The summed E-state index contributed by atoms with van der Waals surface area (Å²) in [7, 11) is 1.94. The molecule has 3 aromatic rings. The number of aryl methyl sites for hydroxylation is 2. The highest BCUT2D eigenvalue weighted by Gasteiger charge is 2.26. The van der Waals surface area contributed by atoms with Gasteiger partial charge in [-0.25, -0.2) is 15.0 Å². The fraction of sp³-hybridized carbons (Fsp3) is 0.438. The van der Waals surface area contributed by atoms with Crippen LogP contribution in [0.5, 0.6) is 5.88 Å². The number of hydrogen-bond donors (Lipinski definition) is 0. The second-order valence-electron chi connectivity index (χ2n) is 6.15. The number of aromatic nitrogens is 6. The van der Waals surface area contributed by atoms with Crippen LogP contribution in [0.25, 0.3) is 11.2 Å². The topological polar surface area (TPSA) is 81.9 Å². The largest absolute Gasteiger partial charge is 0.476 e. The van der Waals surface area contributed by atoms with Crippen LogP contribution in [0.4, 0.5) is 5.82 Å². The van der Waals surface area contributed by atoms with E-state index < -0.39 is 0 Å². The molecule has 4 heterocycles. The van der Waals surface area contributed by atoms with Gasteiger partial charge in [-0.15, -0.1) is 5.10 Å². The molecule has 1 aliphatic heterocycles. The Kier molecular flexibility index (Phi) is 3.72. The van der Waals surface area contributed by atoms with Crippen molar-refractivity contribution in [2.45, 2.75) is 13.3 Å². The van der Waals surface area contributed by atoms with Crippen LogP contribution in [0.1, 0.15) is 12.1 Å². The molecule has 0 bridgehead atoms. The Balaban J connectivity index is 1.43. The molecule has 8 nitrogen and oxygen atoms in total. The Labute approximate surface area is 139 Å². The number of imidazole rings is 1. The van der Waals surface area contributed by atoms with Crippen molar-refractivity contribution in [1.82, 2.24) is 29.7 Å². The molecule has 0 amide bonds. The third-order valence-electron chi connectivity index (χ3n) is 4.30. The lowest BCUT2D eigenvalue weighted by molar-refractivity contribution is 0.249. The van der Waals surface area contributed by atoms with E-state index in [4.69, 9.17) is 4.74 Å². The van der Waals surface area contributed by atoms with Gasteiger partial charge in [0.05, 0.1) is 18.6 Å². The molecule has 124 valence electrons. The summed E-state index contributed by atoms with van der Waals surface area (Å²) in [6, 6.07) is 3.76. The van der Waals surface area contributed by atoms with Gasteiger partial charge in [0.25, 0.3) is 0 Å². The predicted octanol–water partition coefficient (Wildman–Crippen LogP) is 1.37. The second-order valence-corrected chi connectivity index (χ2v) is 6.15. The Hall–Kier alpha value is -2.77. The van der Waals surface area contributed by atoms with Crippen LogP contribution in [0.15, 0.2) is 24.8 Å². The van der Waals surface area contributed by atoms with Crippen LogP contribution in [-0.4, -0.2) is 49.4 Å². The van der Waals surface area contributed by atoms with Crippen molar-refractivity contribution in [2.24, 2.45) is 13.0 Å². The van der Waals surface area contributed by atoms with Crippen LogP contribution in [0.2, 0.25) is 0 Å². The average Bonchev–Trinajstić information content (AvgIpc) is 3.22. The molecule has 0 N–H and O–H groups in total. The first kappa shape index (κ1) is 14.8. The first-order valence-corrected chi connectivity index (χ1v) is 8.01. The summed E-state index contributed by atoms with van der Waals surface area (Å²) in [4.78, 5) is 15.4. The minimum Gasteiger partial charge on any atom is -0.476 e. The van der Waals surface area contributed by atoms with Gasteiger partial charge in [0.2, 0.25) is 5.88 Å². The second kappa shape index (κ2) is 6.03. The van der Waals surface area contributed by atoms with Crippen LogP contribution >= 0.6 is 0 Å². The van der Waals surface area contributed by atoms with Gasteiger partial charge >= 0.3 is 0 Å². The van der Waals surface area contributed by atoms with Crippen molar-refractivity contribution in [2.75, 3.05) is 24.6 Å². The van der Waals surface area contributed by atoms with Crippen molar-refractivity contribution in [3.05, 3.63) is 30.5 Å². The van der Waals surface area contributed by atoms with Crippen LogP contribution in [-0.2, 0) is 7.05 Å². The number of nitrogens with zero attached hydrogens (tertiary/aromatic N) is 7. The molecule has 1 unspecified atom stereocenters. The van der Waals surface area contributed by atoms with Gasteiger partial charge in [-0.05, 0) is 19.4 Å². The summed E-state index contributed by atoms with van der Waals surface area (Å²) in [6.45, 7) is 4.37. The predicted molar refractivity (Wildman–Crippen MR) is 88.9 cm³/mol. The molecule has 1 saturated heterocycles. The van der Waals surface area contributed by atoms with Crippen molar-refractivity contribution in [3.63, 3.8) is 0 Å². The fourth-order valence-corrected chi connectivity index (χ4v) is 2.99. The van der Waals surface area contributed by atoms with E-state index in [-0.39, 0.29) is 0 Å². The molecule has 1 fully saturated rings. The van der Waals surface area contributed by atoms with Gasteiger partial charge in [0, 0.05) is 32.1 Å². The van der Waals surface area contributed by atoms with Crippen LogP contribution < -0.4 is 9.64 Å². The molecule has 0 spiro atoms. The minimum absolute atomic E-state index is 0.432. The third-order valence-corrected chi connectivity index (χ3v) is 4.30. The third kappa shape index (κ3) is 2.75. The van der Waals surface area contributed by atoms with Gasteiger partial charge in [-0.3, -0.25) is 0 Å². The SMILES string of the molecule is Cc1ccc(OCC2CCN(c3ncnc4c3ncn4C)C2)nn1. The molecule has 1 aliphatic rings. The van der Waals surface area contributed by atoms with Crippen molar-refractivity contribution < 1.29 is 4.74 Å². The zero-order valence-electron chi connectivity index (χ0n) is 13.8. The zero-order chi connectivity index (χ0) is 16.5. The number of fused-ring (bicyclic) bond motifs is 1. The minimum atomic E-state index is 0.432. The molecule has 0 saturated carbocycles. The molecule has 3 aromatic heterocycles. The van der Waals surface area contributed by atoms with E-state index in [9.17, 15) is 0 Å². The van der Waals surface area contributed by atoms with Crippen molar-refractivity contribution in [1.29, 1.82) is 0 Å². The first-order chi connectivity index (χ1) is 11.7. The van der Waals surface area contributed by atoms with E-state index in [1.165, 1.54) is 0 Å². The van der Waals surface area contributed by atoms with Gasteiger partial charge < -0.3 is 14.2 Å². The molecular formula is C16H19N7O. The average molecular weight is 325 g/mol. The summed E-state index contributed by atoms with van der Waals surface area (Å²) in [5.74, 6) is 1.91. The molecule has 8 heteroatoms. The Morgan fingerprint density at radius 3 is 2.96 bits per heavy atom. The van der Waals surface area contributed by atoms with Gasteiger partial charge in [-0.1, -0.05) is 0 Å². The van der Waals surface area contributed by atoms with Gasteiger partial charge in [0.15, 0.2) is 17.0 Å². The van der Waals surface area contributed by atoms with E-state index in [0.29, 0.717) is 18.4 Å². The molecule has 0 aromatic carbocycles. The zero-order valence-corrected chi connectivity index (χ0v) is 13.8. The number of rotatable bonds is 4. The van der Waals surface area contributed by atoms with E-state index in [1.807, 2.05) is 30.7 Å². The van der Waals surface area contributed by atoms with Crippen molar-refractivity contribution >= 4 is 17.0 Å². The monoisotopic (exact) mass is 325 g/mol. The Morgan fingerprint density at radius 2 is 2.12 bits per heavy atom. The summed E-state index contributed by atoms with van der Waals surface area (Å²) in [6.07, 6.45) is 4.43. The Bertz CT molecular complexity index is 845. The summed E-state index contributed by atoms with van der Waals surface area (Å²) < 4.78 is 7.68. The lowest BCUT2D eigenvalue weighted by Crippen LogP contribution is -2.23. The highest BCUT2D eigenvalue weighted by atomic mass is 16.5. The maximum absolute atomic E-state index is 5.77. The van der Waals surface area contributed by atoms with E-state index in [0.717, 1.165) is 42.2 Å². The Morgan fingerprint density at radius 1 is 1.21 bits per heavy atom. The van der Waals surface area contributed by atoms with Gasteiger partial charge in [0.1, 0.15) is 6.33 Å². The van der Waals surface area contributed by atoms with Crippen LogP contribution in [0, 0.1) is 12.8 Å². The van der Waals surface area contributed by atoms with Crippen LogP contribution in [0.3, 0.4) is 0 Å². The number of anilines is 1. The molecule has 24 heavy (non-hydrogen) atoms. The quantitative estimate of drug-likeness (QED) is 0.716. The fourth-order valence-electron chi connectivity index (χ4n) is 2.99. The maximum atomic E-state index is 5.77. The summed E-state index contributed by atoms with van der Waals surface area (Å²) in [5, 5.41) is 8.05. The number of hydrogen-bond acceptors (Lipinski definition) is 7. The van der Waals surface area contributed by atoms with E-state index in [2.05, 4.69) is 30.0 Å². The summed E-state index contributed by atoms with van der Waals surface area (Å²) >= 11 is 0. The first-order valence-electron chi connectivity index (χ1n) is 8.01. The number of ether oxygens (including phenoxy) is 1. The van der Waals surface area contributed by atoms with E-state index in [1.54, 1.807) is 12.7 Å². The summed E-state index contributed by atoms with van der Waals surface area (Å²) in [5.41, 5.74) is 2.60. The van der Waals surface area contributed by atoms with Crippen molar-refractivity contribution in [3.8, 4) is 5.88 Å². The lowest BCUT2D eigenvalue weighted by Gasteiger charge is -2.17. The maximum Gasteiger partial charge on any atom is 0.233 e. The molecule has 4 rings (SSSR count). The molecule has 0 aliphatic carbocycles. The normalized spacial score (nSPS) is 17.6. The highest BCUT2D eigenvalue weighted by molar-refractivity contribution is 5.83. The van der Waals surface area contributed by atoms with E-state index >= 15 is 0 Å². The molecular weight excluding hydrogens is 306 g/mol. The lowest BCUT2D eigenvalue weighted by atomic mass is 10.1. The van der Waals surface area contributed by atoms with Gasteiger partial charge in [-0.2, -0.15) is 5.10 Å². The molecule has 0 radical (unpaired) electrons. The highest BCUT2D eigenvalue weighted by Crippen LogP contribution is 2.27. The molecule has 1 atom stereocenters. The standard InChI is InChI=1S/C16H19N7O/c1-11-3-4-13(21-20-11)24-8-12-5-6-23(7-12)16-14-15(17-9-18-16)22(2)10-19-14/h3-4,9-10,12H,5-8H2,1-2H3. The smallest absolute Gasteiger partial charge is 0.233 e.